The number of benzene rings is 1. The molecule has 0 bridgehead atoms. The van der Waals surface area contributed by atoms with Gasteiger partial charge in [0.1, 0.15) is 0 Å². The molecule has 0 radical (unpaired) electrons. The largest absolute Gasteiger partial charge is 0.396 e. The number of hydrogen-bond donors (Lipinski definition) is 1. The van der Waals surface area contributed by atoms with Crippen LogP contribution in [0.2, 0.25) is 0 Å². The molecule has 0 fully saturated rings. The molecule has 15 heavy (non-hydrogen) atoms. The van der Waals surface area contributed by atoms with Gasteiger partial charge in [0, 0.05) is 13.2 Å². The Hall–Kier alpha value is -1.13. The van der Waals surface area contributed by atoms with Crippen LogP contribution < -0.4 is 5.56 Å². The van der Waals surface area contributed by atoms with Crippen molar-refractivity contribution in [1.82, 2.24) is 3.96 Å². The highest BCUT2D eigenvalue weighted by molar-refractivity contribution is 7.13. The summed E-state index contributed by atoms with van der Waals surface area (Å²) < 4.78 is 2.72. The second-order valence-corrected chi connectivity index (χ2v) is 4.80. The van der Waals surface area contributed by atoms with Gasteiger partial charge in [0.25, 0.3) is 5.56 Å². The average Bonchev–Trinajstić information content (AvgIpc) is 2.57. The fourth-order valence-corrected chi connectivity index (χ4v) is 2.62. The van der Waals surface area contributed by atoms with Gasteiger partial charge in [-0.1, -0.05) is 30.6 Å². The molecule has 1 aromatic carbocycles. The van der Waals surface area contributed by atoms with Gasteiger partial charge in [-0.2, -0.15) is 0 Å². The summed E-state index contributed by atoms with van der Waals surface area (Å²) in [5.41, 5.74) is 0.0518. The normalized spacial score (nSPS) is 13.2. The molecule has 1 atom stereocenters. The highest BCUT2D eigenvalue weighted by Crippen LogP contribution is 2.16. The fraction of sp³-hybridized carbons (Fsp3) is 0.364. The molecule has 4 heteroatoms. The van der Waals surface area contributed by atoms with Crippen molar-refractivity contribution in [2.24, 2.45) is 5.92 Å². The minimum absolute atomic E-state index is 0.0518. The summed E-state index contributed by atoms with van der Waals surface area (Å²) in [6.07, 6.45) is 0. The van der Waals surface area contributed by atoms with Gasteiger partial charge in [-0.05, 0) is 18.1 Å². The molecule has 1 N–H and O–H groups in total. The minimum Gasteiger partial charge on any atom is -0.396 e. The van der Waals surface area contributed by atoms with Gasteiger partial charge in [-0.3, -0.25) is 8.75 Å². The van der Waals surface area contributed by atoms with Crippen LogP contribution >= 0.6 is 11.5 Å². The summed E-state index contributed by atoms with van der Waals surface area (Å²) in [6.45, 7) is 2.63. The molecular weight excluding hydrogens is 210 g/mol. The number of aliphatic hydroxyl groups is 1. The molecule has 80 valence electrons. The van der Waals surface area contributed by atoms with Crippen LogP contribution in [-0.4, -0.2) is 15.7 Å². The lowest BCUT2D eigenvalue weighted by Gasteiger charge is -2.05. The predicted molar refractivity (Wildman–Crippen MR) is 62.3 cm³/mol. The Morgan fingerprint density at radius 3 is 2.87 bits per heavy atom. The van der Waals surface area contributed by atoms with Crippen LogP contribution in [0.25, 0.3) is 10.1 Å². The molecule has 1 unspecified atom stereocenters. The molecular formula is C11H13NO2S. The van der Waals surface area contributed by atoms with E-state index in [0.29, 0.717) is 6.54 Å². The van der Waals surface area contributed by atoms with Crippen LogP contribution in [0.15, 0.2) is 29.1 Å². The zero-order valence-electron chi connectivity index (χ0n) is 8.51. The van der Waals surface area contributed by atoms with Crippen LogP contribution in [0.4, 0.5) is 0 Å². The highest BCUT2D eigenvalue weighted by Gasteiger charge is 2.09. The second-order valence-electron chi connectivity index (χ2n) is 3.74. The van der Waals surface area contributed by atoms with Crippen molar-refractivity contribution in [3.05, 3.63) is 34.6 Å². The van der Waals surface area contributed by atoms with E-state index in [1.54, 1.807) is 3.96 Å². The molecule has 1 aromatic heterocycles. The van der Waals surface area contributed by atoms with E-state index in [0.717, 1.165) is 10.1 Å². The monoisotopic (exact) mass is 223 g/mol. The maximum Gasteiger partial charge on any atom is 0.268 e. The first-order chi connectivity index (χ1) is 7.22. The van der Waals surface area contributed by atoms with E-state index in [1.165, 1.54) is 11.5 Å². The topological polar surface area (TPSA) is 42.2 Å². The first-order valence-electron chi connectivity index (χ1n) is 4.92. The van der Waals surface area contributed by atoms with E-state index in [4.69, 9.17) is 5.11 Å². The van der Waals surface area contributed by atoms with Crippen LogP contribution in [0.3, 0.4) is 0 Å². The zero-order valence-corrected chi connectivity index (χ0v) is 9.33. The summed E-state index contributed by atoms with van der Waals surface area (Å²) in [6, 6.07) is 7.59. The van der Waals surface area contributed by atoms with Crippen molar-refractivity contribution in [2.45, 2.75) is 13.5 Å². The molecule has 2 aromatic rings. The van der Waals surface area contributed by atoms with Gasteiger partial charge < -0.3 is 5.11 Å². The Morgan fingerprint density at radius 1 is 1.47 bits per heavy atom. The molecule has 0 aliphatic rings. The average molecular weight is 223 g/mol. The van der Waals surface area contributed by atoms with Gasteiger partial charge in [0.05, 0.1) is 10.1 Å². The molecule has 0 aliphatic heterocycles. The summed E-state index contributed by atoms with van der Waals surface area (Å²) in [4.78, 5) is 11.9. The van der Waals surface area contributed by atoms with E-state index >= 15 is 0 Å². The van der Waals surface area contributed by atoms with Crippen LogP contribution in [0, 0.1) is 5.92 Å². The number of aromatic nitrogens is 1. The predicted octanol–water partition coefficient (Wildman–Crippen LogP) is 1.69. The highest BCUT2D eigenvalue weighted by atomic mass is 32.1. The van der Waals surface area contributed by atoms with E-state index in [2.05, 4.69) is 0 Å². The maximum absolute atomic E-state index is 11.9. The first kappa shape index (κ1) is 10.4. The van der Waals surface area contributed by atoms with E-state index in [9.17, 15) is 4.79 Å². The maximum atomic E-state index is 11.9. The van der Waals surface area contributed by atoms with Gasteiger partial charge in [0.2, 0.25) is 0 Å². The Balaban J connectivity index is 2.45. The molecule has 0 saturated carbocycles. The first-order valence-corrected chi connectivity index (χ1v) is 5.69. The van der Waals surface area contributed by atoms with E-state index in [-0.39, 0.29) is 18.1 Å². The Labute approximate surface area is 91.7 Å². The molecule has 0 aliphatic carbocycles. The van der Waals surface area contributed by atoms with Crippen LogP contribution in [0.1, 0.15) is 6.92 Å². The van der Waals surface area contributed by atoms with Gasteiger partial charge in [0.15, 0.2) is 0 Å². The molecule has 1 heterocycles. The Bertz CT molecular complexity index is 515. The molecule has 3 nitrogen and oxygen atoms in total. The number of aliphatic hydroxyl groups excluding tert-OH is 1. The minimum atomic E-state index is 0.0518. The van der Waals surface area contributed by atoms with Gasteiger partial charge in [-0.25, -0.2) is 0 Å². The lowest BCUT2D eigenvalue weighted by atomic mass is 10.2. The summed E-state index contributed by atoms with van der Waals surface area (Å²) >= 11 is 1.46. The number of rotatable bonds is 3. The van der Waals surface area contributed by atoms with Crippen molar-refractivity contribution in [1.29, 1.82) is 0 Å². The van der Waals surface area contributed by atoms with Crippen molar-refractivity contribution in [3.63, 3.8) is 0 Å². The van der Waals surface area contributed by atoms with E-state index < -0.39 is 0 Å². The third-order valence-electron chi connectivity index (χ3n) is 2.34. The smallest absolute Gasteiger partial charge is 0.268 e. The summed E-state index contributed by atoms with van der Waals surface area (Å²) in [5, 5.41) is 9.72. The number of hydrogen-bond acceptors (Lipinski definition) is 3. The zero-order chi connectivity index (χ0) is 10.8. The van der Waals surface area contributed by atoms with Gasteiger partial charge in [-0.15, -0.1) is 0 Å². The van der Waals surface area contributed by atoms with Crippen LogP contribution in [-0.2, 0) is 6.54 Å². The summed E-state index contributed by atoms with van der Waals surface area (Å²) in [5.74, 6) is 0.121. The lowest BCUT2D eigenvalue weighted by Crippen LogP contribution is -2.18. The summed E-state index contributed by atoms with van der Waals surface area (Å²) in [7, 11) is 0. The van der Waals surface area contributed by atoms with Crippen molar-refractivity contribution >= 4 is 21.6 Å². The molecule has 0 amide bonds. The molecule has 0 spiro atoms. The quantitative estimate of drug-likeness (QED) is 0.860. The molecule has 0 saturated heterocycles. The SMILES string of the molecule is CC(CO)Cn1sc2ccccc2c1=O. The second kappa shape index (κ2) is 4.16. The van der Waals surface area contributed by atoms with Crippen molar-refractivity contribution in [2.75, 3.05) is 6.61 Å². The number of fused-ring (bicyclic) bond motifs is 1. The fourth-order valence-electron chi connectivity index (χ4n) is 1.48. The molecule has 2 rings (SSSR count). The van der Waals surface area contributed by atoms with Crippen molar-refractivity contribution < 1.29 is 5.11 Å². The lowest BCUT2D eigenvalue weighted by molar-refractivity contribution is 0.225. The third-order valence-corrected chi connectivity index (χ3v) is 3.43. The van der Waals surface area contributed by atoms with Crippen molar-refractivity contribution in [3.8, 4) is 0 Å². The van der Waals surface area contributed by atoms with E-state index in [1.807, 2.05) is 31.2 Å². The Kier molecular flexibility index (Phi) is 2.88. The Morgan fingerprint density at radius 2 is 2.20 bits per heavy atom. The standard InChI is InChI=1S/C11H13NO2S/c1-8(7-13)6-12-11(14)9-4-2-3-5-10(9)15-12/h2-5,8,13H,6-7H2,1H3. The van der Waals surface area contributed by atoms with Crippen LogP contribution in [0.5, 0.6) is 0 Å². The number of nitrogens with zero attached hydrogens (tertiary/aromatic N) is 1. The van der Waals surface area contributed by atoms with Gasteiger partial charge >= 0.3 is 0 Å². The third kappa shape index (κ3) is 1.96.